The van der Waals surface area contributed by atoms with E-state index in [0.29, 0.717) is 11.4 Å². The number of carbonyl (C=O) groups excluding carboxylic acids is 2. The lowest BCUT2D eigenvalue weighted by Crippen LogP contribution is -2.27. The SMILES string of the molecule is CN(C)C(=O)COc1ccc(NC(=O)c2ccccc2C(F)(F)F)cc1. The molecule has 2 amide bonds. The zero-order valence-electron chi connectivity index (χ0n) is 14.1. The topological polar surface area (TPSA) is 58.6 Å². The van der Waals surface area contributed by atoms with Gasteiger partial charge in [-0.15, -0.1) is 0 Å². The van der Waals surface area contributed by atoms with Crippen molar-refractivity contribution in [3.8, 4) is 5.75 Å². The van der Waals surface area contributed by atoms with Crippen molar-refractivity contribution in [3.63, 3.8) is 0 Å². The molecule has 2 rings (SSSR count). The molecule has 0 aliphatic carbocycles. The number of benzene rings is 2. The van der Waals surface area contributed by atoms with E-state index in [2.05, 4.69) is 5.32 Å². The highest BCUT2D eigenvalue weighted by atomic mass is 19.4. The minimum Gasteiger partial charge on any atom is -0.484 e. The number of hydrogen-bond acceptors (Lipinski definition) is 3. The highest BCUT2D eigenvalue weighted by molar-refractivity contribution is 6.05. The summed E-state index contributed by atoms with van der Waals surface area (Å²) in [4.78, 5) is 25.0. The Morgan fingerprint density at radius 3 is 2.23 bits per heavy atom. The lowest BCUT2D eigenvalue weighted by Gasteiger charge is -2.13. The Hall–Kier alpha value is -3.03. The Morgan fingerprint density at radius 1 is 1.04 bits per heavy atom. The number of alkyl halides is 3. The fourth-order valence-corrected chi connectivity index (χ4v) is 2.04. The first kappa shape index (κ1) is 19.3. The van der Waals surface area contributed by atoms with Gasteiger partial charge in [0.2, 0.25) is 0 Å². The zero-order chi connectivity index (χ0) is 19.3. The van der Waals surface area contributed by atoms with E-state index in [1.54, 1.807) is 14.1 Å². The zero-order valence-corrected chi connectivity index (χ0v) is 14.1. The predicted molar refractivity (Wildman–Crippen MR) is 90.0 cm³/mol. The number of anilines is 1. The van der Waals surface area contributed by atoms with Crippen LogP contribution in [-0.4, -0.2) is 37.4 Å². The summed E-state index contributed by atoms with van der Waals surface area (Å²) in [6.45, 7) is -0.141. The van der Waals surface area contributed by atoms with E-state index >= 15 is 0 Å². The number of ether oxygens (including phenoxy) is 1. The number of rotatable bonds is 5. The number of amides is 2. The second-order valence-electron chi connectivity index (χ2n) is 5.60. The van der Waals surface area contributed by atoms with E-state index in [0.717, 1.165) is 12.1 Å². The van der Waals surface area contributed by atoms with Crippen LogP contribution in [0, 0.1) is 0 Å². The lowest BCUT2D eigenvalue weighted by molar-refractivity contribution is -0.138. The van der Waals surface area contributed by atoms with Gasteiger partial charge >= 0.3 is 6.18 Å². The molecule has 0 aliphatic rings. The van der Waals surface area contributed by atoms with Crippen molar-refractivity contribution in [3.05, 3.63) is 59.7 Å². The van der Waals surface area contributed by atoms with Gasteiger partial charge < -0.3 is 15.0 Å². The first-order chi connectivity index (χ1) is 12.2. The highest BCUT2D eigenvalue weighted by Crippen LogP contribution is 2.32. The van der Waals surface area contributed by atoms with Crippen molar-refractivity contribution in [1.29, 1.82) is 0 Å². The third-order valence-electron chi connectivity index (χ3n) is 3.45. The summed E-state index contributed by atoms with van der Waals surface area (Å²) in [6, 6.07) is 10.5. The molecule has 0 saturated carbocycles. The average molecular weight is 366 g/mol. The molecular formula is C18H17F3N2O3. The van der Waals surface area contributed by atoms with Crippen LogP contribution in [0.15, 0.2) is 48.5 Å². The molecule has 0 atom stereocenters. The fourth-order valence-electron chi connectivity index (χ4n) is 2.04. The highest BCUT2D eigenvalue weighted by Gasteiger charge is 2.34. The number of carbonyl (C=O) groups is 2. The Bertz CT molecular complexity index is 787. The van der Waals surface area contributed by atoms with Crippen LogP contribution >= 0.6 is 0 Å². The van der Waals surface area contributed by atoms with Crippen molar-refractivity contribution in [2.24, 2.45) is 0 Å². The van der Waals surface area contributed by atoms with Gasteiger partial charge in [0.05, 0.1) is 11.1 Å². The largest absolute Gasteiger partial charge is 0.484 e. The number of likely N-dealkylation sites (N-methyl/N-ethyl adjacent to an activating group) is 1. The molecule has 0 aliphatic heterocycles. The second kappa shape index (κ2) is 7.90. The average Bonchev–Trinajstić information content (AvgIpc) is 2.60. The summed E-state index contributed by atoms with van der Waals surface area (Å²) < 4.78 is 44.2. The molecule has 0 bridgehead atoms. The maximum Gasteiger partial charge on any atom is 0.417 e. The molecule has 1 N–H and O–H groups in total. The molecule has 26 heavy (non-hydrogen) atoms. The Balaban J connectivity index is 2.06. The van der Waals surface area contributed by atoms with Gasteiger partial charge in [-0.2, -0.15) is 13.2 Å². The van der Waals surface area contributed by atoms with Crippen LogP contribution < -0.4 is 10.1 Å². The van der Waals surface area contributed by atoms with Crippen molar-refractivity contribution in [2.75, 3.05) is 26.0 Å². The van der Waals surface area contributed by atoms with Gasteiger partial charge in [0.1, 0.15) is 5.75 Å². The molecule has 2 aromatic rings. The molecule has 5 nitrogen and oxygen atoms in total. The summed E-state index contributed by atoms with van der Waals surface area (Å²) in [5.74, 6) is -0.686. The number of nitrogens with one attached hydrogen (secondary N) is 1. The molecule has 0 fully saturated rings. The van der Waals surface area contributed by atoms with Crippen molar-refractivity contribution in [2.45, 2.75) is 6.18 Å². The minimum atomic E-state index is -4.62. The second-order valence-corrected chi connectivity index (χ2v) is 5.60. The van der Waals surface area contributed by atoms with Crippen molar-refractivity contribution >= 4 is 17.5 Å². The smallest absolute Gasteiger partial charge is 0.417 e. The van der Waals surface area contributed by atoms with Crippen LogP contribution in [0.2, 0.25) is 0 Å². The van der Waals surface area contributed by atoms with Crippen LogP contribution in [0.4, 0.5) is 18.9 Å². The lowest BCUT2D eigenvalue weighted by atomic mass is 10.1. The molecule has 0 aromatic heterocycles. The Labute approximate surface area is 148 Å². The Kier molecular flexibility index (Phi) is 5.86. The molecule has 2 aromatic carbocycles. The standard InChI is InChI=1S/C18H17F3N2O3/c1-23(2)16(24)11-26-13-9-7-12(8-10-13)22-17(25)14-5-3-4-6-15(14)18(19,20)21/h3-10H,11H2,1-2H3,(H,22,25). The van der Waals surface area contributed by atoms with Crippen LogP contribution in [-0.2, 0) is 11.0 Å². The molecule has 0 unspecified atom stereocenters. The molecular weight excluding hydrogens is 349 g/mol. The van der Waals surface area contributed by atoms with Gasteiger partial charge in [0.15, 0.2) is 6.61 Å². The summed E-state index contributed by atoms with van der Waals surface area (Å²) in [7, 11) is 3.20. The molecule has 138 valence electrons. The molecule has 0 saturated heterocycles. The maximum atomic E-state index is 13.0. The number of nitrogens with zero attached hydrogens (tertiary/aromatic N) is 1. The quantitative estimate of drug-likeness (QED) is 0.882. The fraction of sp³-hybridized carbons (Fsp3) is 0.222. The van der Waals surface area contributed by atoms with E-state index in [9.17, 15) is 22.8 Å². The van der Waals surface area contributed by atoms with Crippen LogP contribution in [0.1, 0.15) is 15.9 Å². The van der Waals surface area contributed by atoms with Crippen LogP contribution in [0.5, 0.6) is 5.75 Å². The van der Waals surface area contributed by atoms with Gasteiger partial charge in [-0.3, -0.25) is 9.59 Å². The molecule has 0 radical (unpaired) electrons. The van der Waals surface area contributed by atoms with E-state index in [1.807, 2.05) is 0 Å². The molecule has 0 heterocycles. The van der Waals surface area contributed by atoms with Gasteiger partial charge in [0.25, 0.3) is 11.8 Å². The Morgan fingerprint density at radius 2 is 1.65 bits per heavy atom. The minimum absolute atomic E-state index is 0.141. The van der Waals surface area contributed by atoms with Gasteiger partial charge in [-0.1, -0.05) is 12.1 Å². The summed E-state index contributed by atoms with van der Waals surface area (Å²) in [6.07, 6.45) is -4.62. The van der Waals surface area contributed by atoms with Crippen molar-refractivity contribution < 1.29 is 27.5 Å². The van der Waals surface area contributed by atoms with Gasteiger partial charge in [-0.05, 0) is 36.4 Å². The summed E-state index contributed by atoms with van der Waals surface area (Å²) in [5, 5.41) is 2.41. The van der Waals surface area contributed by atoms with Gasteiger partial charge in [-0.25, -0.2) is 0 Å². The monoisotopic (exact) mass is 366 g/mol. The normalized spacial score (nSPS) is 11.0. The summed E-state index contributed by atoms with van der Waals surface area (Å²) in [5.41, 5.74) is -1.16. The maximum absolute atomic E-state index is 13.0. The first-order valence-electron chi connectivity index (χ1n) is 7.59. The number of halogens is 3. The van der Waals surface area contributed by atoms with E-state index in [-0.39, 0.29) is 12.5 Å². The first-order valence-corrected chi connectivity index (χ1v) is 7.59. The van der Waals surface area contributed by atoms with E-state index in [1.165, 1.54) is 41.3 Å². The van der Waals surface area contributed by atoms with E-state index < -0.39 is 23.2 Å². The number of hydrogen-bond donors (Lipinski definition) is 1. The third-order valence-corrected chi connectivity index (χ3v) is 3.45. The third kappa shape index (κ3) is 4.98. The van der Waals surface area contributed by atoms with E-state index in [4.69, 9.17) is 4.74 Å². The van der Waals surface area contributed by atoms with Gasteiger partial charge in [0, 0.05) is 19.8 Å². The van der Waals surface area contributed by atoms with Crippen LogP contribution in [0.25, 0.3) is 0 Å². The summed E-state index contributed by atoms with van der Waals surface area (Å²) >= 11 is 0. The predicted octanol–water partition coefficient (Wildman–Crippen LogP) is 3.42. The van der Waals surface area contributed by atoms with Crippen molar-refractivity contribution in [1.82, 2.24) is 4.90 Å². The van der Waals surface area contributed by atoms with Crippen LogP contribution in [0.3, 0.4) is 0 Å². The molecule has 0 spiro atoms. The molecule has 8 heteroatoms.